The van der Waals surface area contributed by atoms with Crippen LogP contribution >= 0.6 is 0 Å². The van der Waals surface area contributed by atoms with Gasteiger partial charge in [0, 0.05) is 18.7 Å². The highest BCUT2D eigenvalue weighted by molar-refractivity contribution is 5.73. The molecule has 6 nitrogen and oxygen atoms in total. The van der Waals surface area contributed by atoms with Gasteiger partial charge < -0.3 is 14.9 Å². The summed E-state index contributed by atoms with van der Waals surface area (Å²) >= 11 is 0. The van der Waals surface area contributed by atoms with Gasteiger partial charge in [-0.3, -0.25) is 0 Å². The quantitative estimate of drug-likeness (QED) is 0.788. The van der Waals surface area contributed by atoms with Gasteiger partial charge in [0.2, 0.25) is 5.89 Å². The lowest BCUT2D eigenvalue weighted by Crippen LogP contribution is -2.54. The fraction of sp³-hybridized carbons (Fsp3) is 0.471. The predicted molar refractivity (Wildman–Crippen MR) is 84.6 cm³/mol. The molecule has 0 amide bonds. The molecular formula is C17H17F4N3O3. The summed E-state index contributed by atoms with van der Waals surface area (Å²) in [5.41, 5.74) is 0.237. The van der Waals surface area contributed by atoms with E-state index in [0.29, 0.717) is 17.3 Å². The number of rotatable bonds is 3. The first-order valence-electron chi connectivity index (χ1n) is 8.19. The zero-order chi connectivity index (χ0) is 19.9. The second-order valence-electron chi connectivity index (χ2n) is 6.95. The van der Waals surface area contributed by atoms with E-state index in [-0.39, 0.29) is 16.6 Å². The molecule has 2 fully saturated rings. The Labute approximate surface area is 151 Å². The van der Waals surface area contributed by atoms with Crippen molar-refractivity contribution in [2.45, 2.75) is 36.8 Å². The van der Waals surface area contributed by atoms with Gasteiger partial charge in [-0.15, -0.1) is 0 Å². The fourth-order valence-corrected chi connectivity index (χ4v) is 2.90. The van der Waals surface area contributed by atoms with E-state index in [0.717, 1.165) is 25.9 Å². The first kappa shape index (κ1) is 19.3. The highest BCUT2D eigenvalue weighted by Crippen LogP contribution is 2.53. The zero-order valence-electron chi connectivity index (χ0n) is 14.3. The third-order valence-corrected chi connectivity index (χ3v) is 4.78. The Morgan fingerprint density at radius 3 is 2.30 bits per heavy atom. The SMILES string of the molecule is CC1(c2nc(C3(c4ccccc4F)CC3)no2)CNC1.O=C(O)C(F)(F)F. The minimum atomic E-state index is -5.08. The molecule has 0 bridgehead atoms. The molecule has 2 heterocycles. The Morgan fingerprint density at radius 2 is 1.85 bits per heavy atom. The molecule has 1 aromatic carbocycles. The maximum absolute atomic E-state index is 14.0. The number of hydrogen-bond donors (Lipinski definition) is 2. The van der Waals surface area contributed by atoms with Gasteiger partial charge in [-0.1, -0.05) is 23.4 Å². The van der Waals surface area contributed by atoms with Crippen molar-refractivity contribution in [3.63, 3.8) is 0 Å². The lowest BCUT2D eigenvalue weighted by Gasteiger charge is -2.35. The molecule has 0 unspecified atom stereocenters. The van der Waals surface area contributed by atoms with E-state index in [1.54, 1.807) is 6.07 Å². The van der Waals surface area contributed by atoms with Gasteiger partial charge in [0.05, 0.1) is 10.8 Å². The van der Waals surface area contributed by atoms with Crippen molar-refractivity contribution in [1.82, 2.24) is 15.5 Å². The molecule has 146 valence electrons. The van der Waals surface area contributed by atoms with Gasteiger partial charge in [-0.25, -0.2) is 9.18 Å². The second-order valence-corrected chi connectivity index (χ2v) is 6.95. The molecule has 27 heavy (non-hydrogen) atoms. The lowest BCUT2D eigenvalue weighted by atomic mass is 9.84. The second kappa shape index (κ2) is 6.59. The molecule has 10 heteroatoms. The van der Waals surface area contributed by atoms with Crippen molar-refractivity contribution >= 4 is 5.97 Å². The van der Waals surface area contributed by atoms with E-state index in [1.165, 1.54) is 6.07 Å². The van der Waals surface area contributed by atoms with Gasteiger partial charge in [0.1, 0.15) is 5.82 Å². The normalized spacial score (nSPS) is 19.4. The van der Waals surface area contributed by atoms with E-state index in [1.807, 2.05) is 12.1 Å². The largest absolute Gasteiger partial charge is 0.490 e. The smallest absolute Gasteiger partial charge is 0.475 e. The molecule has 0 spiro atoms. The molecule has 1 aliphatic heterocycles. The summed E-state index contributed by atoms with van der Waals surface area (Å²) in [5.74, 6) is -1.65. The van der Waals surface area contributed by atoms with Gasteiger partial charge in [0.25, 0.3) is 0 Å². The Morgan fingerprint density at radius 1 is 1.26 bits per heavy atom. The highest BCUT2D eigenvalue weighted by atomic mass is 19.4. The van der Waals surface area contributed by atoms with Crippen LogP contribution in [0.4, 0.5) is 17.6 Å². The number of carboxylic acid groups (broad SMARTS) is 1. The predicted octanol–water partition coefficient (Wildman–Crippen LogP) is 2.78. The summed E-state index contributed by atoms with van der Waals surface area (Å²) in [6.45, 7) is 3.80. The van der Waals surface area contributed by atoms with Crippen LogP contribution in [0.2, 0.25) is 0 Å². The van der Waals surface area contributed by atoms with E-state index in [2.05, 4.69) is 22.4 Å². The lowest BCUT2D eigenvalue weighted by molar-refractivity contribution is -0.192. The third-order valence-electron chi connectivity index (χ3n) is 4.78. The number of carboxylic acids is 1. The monoisotopic (exact) mass is 387 g/mol. The average Bonchev–Trinajstić information content (AvgIpc) is 3.21. The Balaban J connectivity index is 0.000000260. The average molecular weight is 387 g/mol. The van der Waals surface area contributed by atoms with Crippen LogP contribution in [0.3, 0.4) is 0 Å². The van der Waals surface area contributed by atoms with Gasteiger partial charge in [0.15, 0.2) is 5.82 Å². The van der Waals surface area contributed by atoms with Crippen LogP contribution in [-0.4, -0.2) is 40.5 Å². The van der Waals surface area contributed by atoms with E-state index in [9.17, 15) is 17.6 Å². The first-order valence-corrected chi connectivity index (χ1v) is 8.19. The highest BCUT2D eigenvalue weighted by Gasteiger charge is 2.52. The van der Waals surface area contributed by atoms with E-state index >= 15 is 0 Å². The molecule has 1 saturated heterocycles. The molecule has 0 atom stereocenters. The number of carbonyl (C=O) groups is 1. The maximum Gasteiger partial charge on any atom is 0.490 e. The van der Waals surface area contributed by atoms with Crippen LogP contribution in [0.25, 0.3) is 0 Å². The fourth-order valence-electron chi connectivity index (χ4n) is 2.90. The van der Waals surface area contributed by atoms with Crippen LogP contribution in [0, 0.1) is 5.82 Å². The molecule has 2 N–H and O–H groups in total. The molecule has 4 rings (SSSR count). The van der Waals surface area contributed by atoms with Crippen molar-refractivity contribution in [3.8, 4) is 0 Å². The Kier molecular flexibility index (Phi) is 4.71. The summed E-state index contributed by atoms with van der Waals surface area (Å²) < 4.78 is 51.2. The van der Waals surface area contributed by atoms with Crippen molar-refractivity contribution < 1.29 is 32.0 Å². The van der Waals surface area contributed by atoms with Crippen molar-refractivity contribution in [2.75, 3.05) is 13.1 Å². The zero-order valence-corrected chi connectivity index (χ0v) is 14.3. The number of aromatic nitrogens is 2. The number of benzene rings is 1. The summed E-state index contributed by atoms with van der Waals surface area (Å²) in [6, 6.07) is 6.88. The summed E-state index contributed by atoms with van der Waals surface area (Å²) in [4.78, 5) is 13.5. The molecule has 1 aromatic heterocycles. The van der Waals surface area contributed by atoms with Crippen molar-refractivity contribution in [1.29, 1.82) is 0 Å². The summed E-state index contributed by atoms with van der Waals surface area (Å²) in [5, 5.41) is 14.5. The first-order chi connectivity index (χ1) is 12.6. The Hall–Kier alpha value is -2.49. The number of halogens is 4. The third kappa shape index (κ3) is 3.66. The standard InChI is InChI=1S/C15H16FN3O.C2HF3O2/c1-14(8-17-9-14)13-18-12(19-20-13)15(6-7-15)10-4-2-3-5-11(10)16;3-2(4,5)1(6)7/h2-5,17H,6-9H2,1H3;(H,6,7). The molecule has 2 aromatic rings. The number of alkyl halides is 3. The van der Waals surface area contributed by atoms with Crippen molar-refractivity contribution in [2.24, 2.45) is 0 Å². The summed E-state index contributed by atoms with van der Waals surface area (Å²) in [7, 11) is 0. The number of nitrogens with zero attached hydrogens (tertiary/aromatic N) is 2. The van der Waals surface area contributed by atoms with Gasteiger partial charge in [-0.05, 0) is 25.8 Å². The van der Waals surface area contributed by atoms with Crippen LogP contribution in [-0.2, 0) is 15.6 Å². The number of nitrogens with one attached hydrogen (secondary N) is 1. The minimum absolute atomic E-state index is 0.0729. The molecule has 2 aliphatic rings. The minimum Gasteiger partial charge on any atom is -0.475 e. The van der Waals surface area contributed by atoms with Crippen LogP contribution in [0.1, 0.15) is 37.0 Å². The molecule has 1 aliphatic carbocycles. The van der Waals surface area contributed by atoms with Gasteiger partial charge >= 0.3 is 12.1 Å². The van der Waals surface area contributed by atoms with Crippen LogP contribution in [0.5, 0.6) is 0 Å². The molecule has 1 saturated carbocycles. The summed E-state index contributed by atoms with van der Waals surface area (Å²) in [6.07, 6.45) is -3.33. The van der Waals surface area contributed by atoms with E-state index < -0.39 is 12.1 Å². The Bertz CT molecular complexity index is 842. The molecular weight excluding hydrogens is 370 g/mol. The van der Waals surface area contributed by atoms with E-state index in [4.69, 9.17) is 14.4 Å². The molecule has 0 radical (unpaired) electrons. The topological polar surface area (TPSA) is 88.3 Å². The maximum atomic E-state index is 14.0. The number of hydrogen-bond acceptors (Lipinski definition) is 5. The van der Waals surface area contributed by atoms with Crippen molar-refractivity contribution in [3.05, 3.63) is 47.4 Å². The van der Waals surface area contributed by atoms with Crippen LogP contribution in [0.15, 0.2) is 28.8 Å². The van der Waals surface area contributed by atoms with Crippen LogP contribution < -0.4 is 5.32 Å². The van der Waals surface area contributed by atoms with Gasteiger partial charge in [-0.2, -0.15) is 18.2 Å². The number of aliphatic carboxylic acids is 1.